The van der Waals surface area contributed by atoms with E-state index in [1.807, 2.05) is 23.6 Å². The highest BCUT2D eigenvalue weighted by molar-refractivity contribution is 7.17. The maximum Gasteiger partial charge on any atom is 0.180 e. The van der Waals surface area contributed by atoms with Crippen LogP contribution in [0.3, 0.4) is 0 Å². The quantitative estimate of drug-likeness (QED) is 0.819. The average Bonchev–Trinajstić information content (AvgIpc) is 2.62. The first-order chi connectivity index (χ1) is 7.09. The van der Waals surface area contributed by atoms with Crippen molar-refractivity contribution in [2.75, 3.05) is 0 Å². The Bertz CT molecular complexity index is 518. The molecule has 1 aromatic carbocycles. The number of fused-ring (bicyclic) bond motifs is 1. The van der Waals surface area contributed by atoms with E-state index in [0.717, 1.165) is 10.1 Å². The molecule has 15 heavy (non-hydrogen) atoms. The number of hydrogen-bond acceptors (Lipinski definition) is 3. The van der Waals surface area contributed by atoms with Crippen LogP contribution in [0.4, 0.5) is 0 Å². The lowest BCUT2D eigenvalue weighted by atomic mass is 10.1. The SMILES string of the molecule is CC(N)C(=O)c1cc2sccc2cc1Cl. The summed E-state index contributed by atoms with van der Waals surface area (Å²) >= 11 is 7.61. The molecule has 0 amide bonds. The van der Waals surface area contributed by atoms with Crippen molar-refractivity contribution in [2.24, 2.45) is 5.73 Å². The molecule has 1 unspecified atom stereocenters. The van der Waals surface area contributed by atoms with Gasteiger partial charge in [-0.1, -0.05) is 11.6 Å². The van der Waals surface area contributed by atoms with Crippen LogP contribution in [0.2, 0.25) is 5.02 Å². The van der Waals surface area contributed by atoms with Crippen LogP contribution in [-0.4, -0.2) is 11.8 Å². The third kappa shape index (κ3) is 1.91. The number of carbonyl (C=O) groups is 1. The number of ketones is 1. The number of rotatable bonds is 2. The van der Waals surface area contributed by atoms with Gasteiger partial charge in [-0.2, -0.15) is 0 Å². The predicted octanol–water partition coefficient (Wildman–Crippen LogP) is 3.08. The van der Waals surface area contributed by atoms with Gasteiger partial charge in [0.1, 0.15) is 0 Å². The molecule has 1 heterocycles. The second kappa shape index (κ2) is 3.93. The minimum atomic E-state index is -0.514. The molecule has 1 atom stereocenters. The lowest BCUT2D eigenvalue weighted by molar-refractivity contribution is 0.0968. The molecule has 0 spiro atoms. The molecule has 0 aliphatic carbocycles. The van der Waals surface area contributed by atoms with Crippen molar-refractivity contribution in [1.29, 1.82) is 0 Å². The third-order valence-corrected chi connectivity index (χ3v) is 3.41. The highest BCUT2D eigenvalue weighted by Crippen LogP contribution is 2.28. The zero-order valence-electron chi connectivity index (χ0n) is 8.16. The van der Waals surface area contributed by atoms with E-state index < -0.39 is 6.04 Å². The van der Waals surface area contributed by atoms with Gasteiger partial charge in [0.2, 0.25) is 0 Å². The minimum Gasteiger partial charge on any atom is -0.321 e. The largest absolute Gasteiger partial charge is 0.321 e. The van der Waals surface area contributed by atoms with Gasteiger partial charge in [-0.05, 0) is 35.9 Å². The number of carbonyl (C=O) groups excluding carboxylic acids is 1. The lowest BCUT2D eigenvalue weighted by Crippen LogP contribution is -2.26. The second-order valence-electron chi connectivity index (χ2n) is 3.44. The Morgan fingerprint density at radius 1 is 1.53 bits per heavy atom. The smallest absolute Gasteiger partial charge is 0.180 e. The first-order valence-corrected chi connectivity index (χ1v) is 5.82. The zero-order chi connectivity index (χ0) is 11.0. The standard InChI is InChI=1S/C11H10ClNOS/c1-6(13)11(14)8-5-10-7(2-3-15-10)4-9(8)12/h2-6H,13H2,1H3. The van der Waals surface area contributed by atoms with E-state index in [1.54, 1.807) is 18.3 Å². The molecule has 2 nitrogen and oxygen atoms in total. The van der Waals surface area contributed by atoms with Crippen molar-refractivity contribution in [3.8, 4) is 0 Å². The molecule has 0 aliphatic rings. The number of benzene rings is 1. The van der Waals surface area contributed by atoms with Gasteiger partial charge in [0, 0.05) is 10.3 Å². The van der Waals surface area contributed by atoms with Gasteiger partial charge in [0.15, 0.2) is 5.78 Å². The Kier molecular flexibility index (Phi) is 2.78. The summed E-state index contributed by atoms with van der Waals surface area (Å²) in [6, 6.07) is 5.09. The Hall–Kier alpha value is -0.900. The van der Waals surface area contributed by atoms with Gasteiger partial charge in [-0.15, -0.1) is 11.3 Å². The molecule has 1 aromatic heterocycles. The van der Waals surface area contributed by atoms with Gasteiger partial charge >= 0.3 is 0 Å². The summed E-state index contributed by atoms with van der Waals surface area (Å²) < 4.78 is 1.06. The van der Waals surface area contributed by atoms with Crippen molar-refractivity contribution < 1.29 is 4.79 Å². The Morgan fingerprint density at radius 2 is 2.27 bits per heavy atom. The molecule has 0 radical (unpaired) electrons. The molecular formula is C11H10ClNOS. The highest BCUT2D eigenvalue weighted by atomic mass is 35.5. The Balaban J connectivity index is 2.60. The summed E-state index contributed by atoms with van der Waals surface area (Å²) in [6.07, 6.45) is 0. The van der Waals surface area contributed by atoms with E-state index in [-0.39, 0.29) is 5.78 Å². The molecular weight excluding hydrogens is 230 g/mol. The predicted molar refractivity (Wildman–Crippen MR) is 64.8 cm³/mol. The first-order valence-electron chi connectivity index (χ1n) is 4.56. The van der Waals surface area contributed by atoms with Crippen LogP contribution in [0.25, 0.3) is 10.1 Å². The molecule has 2 N–H and O–H groups in total. The van der Waals surface area contributed by atoms with Crippen LogP contribution < -0.4 is 5.73 Å². The van der Waals surface area contributed by atoms with Crippen LogP contribution in [0, 0.1) is 0 Å². The van der Waals surface area contributed by atoms with Crippen molar-refractivity contribution in [2.45, 2.75) is 13.0 Å². The van der Waals surface area contributed by atoms with Gasteiger partial charge in [0.05, 0.1) is 11.1 Å². The maximum atomic E-state index is 11.7. The summed E-state index contributed by atoms with van der Waals surface area (Å²) in [6.45, 7) is 1.66. The van der Waals surface area contributed by atoms with Crippen LogP contribution in [0.1, 0.15) is 17.3 Å². The lowest BCUT2D eigenvalue weighted by Gasteiger charge is -2.06. The summed E-state index contributed by atoms with van der Waals surface area (Å²) in [5.41, 5.74) is 6.07. The van der Waals surface area contributed by atoms with Crippen molar-refractivity contribution in [1.82, 2.24) is 0 Å². The fraction of sp³-hybridized carbons (Fsp3) is 0.182. The summed E-state index contributed by atoms with van der Waals surface area (Å²) in [7, 11) is 0. The van der Waals surface area contributed by atoms with E-state index in [9.17, 15) is 4.79 Å². The molecule has 0 fully saturated rings. The van der Waals surface area contributed by atoms with Gasteiger partial charge < -0.3 is 5.73 Å². The summed E-state index contributed by atoms with van der Waals surface area (Å²) in [5.74, 6) is -0.115. The van der Waals surface area contributed by atoms with Crippen molar-refractivity contribution >= 4 is 38.8 Å². The molecule has 0 saturated heterocycles. The Labute approximate surface area is 96.7 Å². The van der Waals surface area contributed by atoms with Crippen molar-refractivity contribution in [3.63, 3.8) is 0 Å². The summed E-state index contributed by atoms with van der Waals surface area (Å²) in [4.78, 5) is 11.7. The van der Waals surface area contributed by atoms with Gasteiger partial charge in [0.25, 0.3) is 0 Å². The first kappa shape index (κ1) is 10.6. The van der Waals surface area contributed by atoms with E-state index >= 15 is 0 Å². The molecule has 4 heteroatoms. The number of thiophene rings is 1. The fourth-order valence-corrected chi connectivity index (χ4v) is 2.49. The van der Waals surface area contributed by atoms with E-state index in [4.69, 9.17) is 17.3 Å². The normalized spacial score (nSPS) is 13.0. The van der Waals surface area contributed by atoms with Crippen molar-refractivity contribution in [3.05, 3.63) is 34.2 Å². The maximum absolute atomic E-state index is 11.7. The second-order valence-corrected chi connectivity index (χ2v) is 4.80. The number of halogens is 1. The molecule has 2 rings (SSSR count). The van der Waals surface area contributed by atoms with E-state index in [2.05, 4.69) is 0 Å². The molecule has 78 valence electrons. The Morgan fingerprint density at radius 3 is 2.93 bits per heavy atom. The monoisotopic (exact) mass is 239 g/mol. The number of Topliss-reactive ketones (excluding diaryl/α,β-unsaturated/α-hetero) is 1. The topological polar surface area (TPSA) is 43.1 Å². The van der Waals surface area contributed by atoms with Crippen LogP contribution in [0.5, 0.6) is 0 Å². The van der Waals surface area contributed by atoms with E-state index in [0.29, 0.717) is 10.6 Å². The number of hydrogen-bond donors (Lipinski definition) is 1. The van der Waals surface area contributed by atoms with E-state index in [1.165, 1.54) is 0 Å². The average molecular weight is 240 g/mol. The van der Waals surface area contributed by atoms with Gasteiger partial charge in [-0.25, -0.2) is 0 Å². The van der Waals surface area contributed by atoms with Crippen LogP contribution >= 0.6 is 22.9 Å². The molecule has 0 saturated carbocycles. The van der Waals surface area contributed by atoms with Gasteiger partial charge in [-0.3, -0.25) is 4.79 Å². The minimum absolute atomic E-state index is 0.115. The summed E-state index contributed by atoms with van der Waals surface area (Å²) in [5, 5.41) is 3.51. The number of nitrogens with two attached hydrogens (primary N) is 1. The fourth-order valence-electron chi connectivity index (χ4n) is 1.42. The molecule has 0 bridgehead atoms. The molecule has 2 aromatic rings. The van der Waals surface area contributed by atoms with Crippen LogP contribution in [-0.2, 0) is 0 Å². The third-order valence-electron chi connectivity index (χ3n) is 2.22. The zero-order valence-corrected chi connectivity index (χ0v) is 9.73. The molecule has 0 aliphatic heterocycles. The van der Waals surface area contributed by atoms with Crippen LogP contribution in [0.15, 0.2) is 23.6 Å². The highest BCUT2D eigenvalue weighted by Gasteiger charge is 2.15.